The summed E-state index contributed by atoms with van der Waals surface area (Å²) in [5.74, 6) is 0.914. The molecule has 0 amide bonds. The van der Waals surface area contributed by atoms with E-state index in [0.717, 1.165) is 11.1 Å². The number of H-pyrrole nitrogens is 1. The molecule has 164 valence electrons. The molecule has 3 aromatic carbocycles. The molecule has 0 spiro atoms. The molecule has 8 heteroatoms. The molecule has 0 saturated carbocycles. The highest BCUT2D eigenvalue weighted by Crippen LogP contribution is 2.34. The molecule has 0 bridgehead atoms. The van der Waals surface area contributed by atoms with Gasteiger partial charge in [-0.25, -0.2) is 9.37 Å². The molecule has 5 aromatic rings. The van der Waals surface area contributed by atoms with Gasteiger partial charge in [0.1, 0.15) is 11.6 Å². The lowest BCUT2D eigenvalue weighted by Gasteiger charge is -2.14. The standard InChI is InChI=1S/C25H20FN5OS/c1-16(22-27-21-10-6-5-9-20(21)24(32)28-22)33-25-30-29-23(18-11-13-19(26)14-12-18)31(25)15-17-7-3-2-4-8-17/h2-14,16H,15H2,1H3,(H,27,28,32). The Morgan fingerprint density at radius 1 is 0.970 bits per heavy atom. The van der Waals surface area contributed by atoms with E-state index in [1.807, 2.05) is 60.0 Å². The normalized spacial score (nSPS) is 12.2. The number of fused-ring (bicyclic) bond motifs is 1. The second-order valence-electron chi connectivity index (χ2n) is 7.61. The average molecular weight is 458 g/mol. The smallest absolute Gasteiger partial charge is 0.258 e. The third kappa shape index (κ3) is 4.42. The van der Waals surface area contributed by atoms with E-state index in [1.54, 1.807) is 18.2 Å². The summed E-state index contributed by atoms with van der Waals surface area (Å²) in [6, 6.07) is 23.5. The summed E-state index contributed by atoms with van der Waals surface area (Å²) >= 11 is 1.46. The second kappa shape index (κ2) is 8.99. The first-order valence-electron chi connectivity index (χ1n) is 10.5. The lowest BCUT2D eigenvalue weighted by atomic mass is 10.2. The first-order valence-corrected chi connectivity index (χ1v) is 11.3. The highest BCUT2D eigenvalue weighted by molar-refractivity contribution is 7.99. The summed E-state index contributed by atoms with van der Waals surface area (Å²) in [4.78, 5) is 20.1. The second-order valence-corrected chi connectivity index (χ2v) is 8.92. The Balaban J connectivity index is 1.52. The van der Waals surface area contributed by atoms with Gasteiger partial charge in [-0.15, -0.1) is 10.2 Å². The van der Waals surface area contributed by atoms with Crippen molar-refractivity contribution in [2.45, 2.75) is 23.9 Å². The molecular formula is C25H20FN5OS. The summed E-state index contributed by atoms with van der Waals surface area (Å²) in [5, 5.41) is 9.89. The SMILES string of the molecule is CC(Sc1nnc(-c2ccc(F)cc2)n1Cc1ccccc1)c1nc2ccccc2c(=O)[nH]1. The average Bonchev–Trinajstić information content (AvgIpc) is 3.22. The van der Waals surface area contributed by atoms with Crippen molar-refractivity contribution < 1.29 is 4.39 Å². The number of nitrogens with one attached hydrogen (secondary N) is 1. The van der Waals surface area contributed by atoms with Gasteiger partial charge in [0.25, 0.3) is 5.56 Å². The van der Waals surface area contributed by atoms with Crippen molar-refractivity contribution in [2.75, 3.05) is 0 Å². The minimum atomic E-state index is -0.303. The van der Waals surface area contributed by atoms with Crippen LogP contribution in [0.3, 0.4) is 0 Å². The number of benzene rings is 3. The largest absolute Gasteiger partial charge is 0.309 e. The molecule has 5 rings (SSSR count). The van der Waals surface area contributed by atoms with Crippen molar-refractivity contribution in [3.8, 4) is 11.4 Å². The number of aromatic nitrogens is 5. The number of para-hydroxylation sites is 1. The van der Waals surface area contributed by atoms with E-state index in [9.17, 15) is 9.18 Å². The van der Waals surface area contributed by atoms with E-state index >= 15 is 0 Å². The predicted octanol–water partition coefficient (Wildman–Crippen LogP) is 5.22. The van der Waals surface area contributed by atoms with Crippen LogP contribution in [0.2, 0.25) is 0 Å². The molecule has 1 unspecified atom stereocenters. The van der Waals surface area contributed by atoms with Crippen molar-refractivity contribution in [1.29, 1.82) is 0 Å². The van der Waals surface area contributed by atoms with Crippen LogP contribution >= 0.6 is 11.8 Å². The third-order valence-corrected chi connectivity index (χ3v) is 6.39. The predicted molar refractivity (Wildman–Crippen MR) is 128 cm³/mol. The molecule has 0 saturated heterocycles. The number of halogens is 1. The topological polar surface area (TPSA) is 76.5 Å². The zero-order chi connectivity index (χ0) is 22.8. The van der Waals surface area contributed by atoms with Crippen LogP contribution in [0.25, 0.3) is 22.3 Å². The van der Waals surface area contributed by atoms with Gasteiger partial charge in [-0.2, -0.15) is 0 Å². The van der Waals surface area contributed by atoms with Crippen molar-refractivity contribution in [3.05, 3.63) is 106 Å². The van der Waals surface area contributed by atoms with Crippen LogP contribution in [0.4, 0.5) is 4.39 Å². The number of nitrogens with zero attached hydrogens (tertiary/aromatic N) is 4. The van der Waals surface area contributed by atoms with Gasteiger partial charge in [0, 0.05) is 5.56 Å². The Hall–Kier alpha value is -3.78. The van der Waals surface area contributed by atoms with Crippen molar-refractivity contribution in [3.63, 3.8) is 0 Å². The van der Waals surface area contributed by atoms with Gasteiger partial charge in [0.2, 0.25) is 0 Å². The third-order valence-electron chi connectivity index (χ3n) is 5.30. The Bertz CT molecular complexity index is 1460. The van der Waals surface area contributed by atoms with E-state index in [-0.39, 0.29) is 16.6 Å². The molecule has 0 aliphatic carbocycles. The fraction of sp³-hybridized carbons (Fsp3) is 0.120. The number of aromatic amines is 1. The van der Waals surface area contributed by atoms with E-state index in [0.29, 0.717) is 34.3 Å². The molecule has 0 radical (unpaired) electrons. The quantitative estimate of drug-likeness (QED) is 0.354. The fourth-order valence-electron chi connectivity index (χ4n) is 3.61. The summed E-state index contributed by atoms with van der Waals surface area (Å²) in [6.45, 7) is 2.52. The Labute approximate surface area is 193 Å². The highest BCUT2D eigenvalue weighted by Gasteiger charge is 2.20. The van der Waals surface area contributed by atoms with Crippen molar-refractivity contribution in [2.24, 2.45) is 0 Å². The number of thioether (sulfide) groups is 1. The minimum absolute atomic E-state index is 0.166. The van der Waals surface area contributed by atoms with Gasteiger partial charge < -0.3 is 4.98 Å². The monoisotopic (exact) mass is 457 g/mol. The molecule has 2 heterocycles. The van der Waals surface area contributed by atoms with Crippen LogP contribution in [-0.4, -0.2) is 24.7 Å². The minimum Gasteiger partial charge on any atom is -0.309 e. The zero-order valence-electron chi connectivity index (χ0n) is 17.8. The van der Waals surface area contributed by atoms with Crippen LogP contribution < -0.4 is 5.56 Å². The lowest BCUT2D eigenvalue weighted by Crippen LogP contribution is -2.13. The molecule has 6 nitrogen and oxygen atoms in total. The van der Waals surface area contributed by atoms with Crippen LogP contribution in [0, 0.1) is 5.82 Å². The van der Waals surface area contributed by atoms with Gasteiger partial charge >= 0.3 is 0 Å². The number of hydrogen-bond acceptors (Lipinski definition) is 5. The number of rotatable bonds is 6. The van der Waals surface area contributed by atoms with Crippen LogP contribution in [0.5, 0.6) is 0 Å². The van der Waals surface area contributed by atoms with Crippen LogP contribution in [0.1, 0.15) is 23.6 Å². The maximum Gasteiger partial charge on any atom is 0.258 e. The summed E-state index contributed by atoms with van der Waals surface area (Å²) in [6.07, 6.45) is 0. The first kappa shape index (κ1) is 21.1. The van der Waals surface area contributed by atoms with Gasteiger partial charge in [0.05, 0.1) is 22.7 Å². The van der Waals surface area contributed by atoms with Gasteiger partial charge in [-0.05, 0) is 48.9 Å². The Kier molecular flexibility index (Phi) is 5.75. The van der Waals surface area contributed by atoms with Gasteiger partial charge in [0.15, 0.2) is 11.0 Å². The van der Waals surface area contributed by atoms with Crippen molar-refractivity contribution in [1.82, 2.24) is 24.7 Å². The Morgan fingerprint density at radius 2 is 1.70 bits per heavy atom. The maximum atomic E-state index is 13.5. The zero-order valence-corrected chi connectivity index (χ0v) is 18.6. The van der Waals surface area contributed by atoms with E-state index in [1.165, 1.54) is 23.9 Å². The van der Waals surface area contributed by atoms with Crippen LogP contribution in [0.15, 0.2) is 88.8 Å². The summed E-state index contributed by atoms with van der Waals surface area (Å²) in [7, 11) is 0. The molecule has 2 aromatic heterocycles. The molecule has 0 fully saturated rings. The fourth-order valence-corrected chi connectivity index (χ4v) is 4.51. The van der Waals surface area contributed by atoms with Gasteiger partial charge in [-0.3, -0.25) is 9.36 Å². The van der Waals surface area contributed by atoms with Gasteiger partial charge in [-0.1, -0.05) is 54.2 Å². The Morgan fingerprint density at radius 3 is 2.48 bits per heavy atom. The van der Waals surface area contributed by atoms with E-state index in [4.69, 9.17) is 0 Å². The first-order chi connectivity index (χ1) is 16.1. The molecular weight excluding hydrogens is 437 g/mol. The van der Waals surface area contributed by atoms with Crippen LogP contribution in [-0.2, 0) is 6.54 Å². The molecule has 0 aliphatic rings. The van der Waals surface area contributed by atoms with E-state index in [2.05, 4.69) is 20.2 Å². The van der Waals surface area contributed by atoms with E-state index < -0.39 is 0 Å². The molecule has 1 N–H and O–H groups in total. The van der Waals surface area contributed by atoms with Crippen molar-refractivity contribution >= 4 is 22.7 Å². The number of hydrogen-bond donors (Lipinski definition) is 1. The molecule has 33 heavy (non-hydrogen) atoms. The maximum absolute atomic E-state index is 13.5. The lowest BCUT2D eigenvalue weighted by molar-refractivity contribution is 0.628. The highest BCUT2D eigenvalue weighted by atomic mass is 32.2. The molecule has 0 aliphatic heterocycles. The summed E-state index contributed by atoms with van der Waals surface area (Å²) < 4.78 is 15.5. The molecule has 1 atom stereocenters. The summed E-state index contributed by atoms with van der Waals surface area (Å²) in [5.41, 5.74) is 2.35.